The maximum atomic E-state index is 5.95. The van der Waals surface area contributed by atoms with Crippen molar-refractivity contribution in [2.24, 2.45) is 4.99 Å². The van der Waals surface area contributed by atoms with Crippen molar-refractivity contribution in [3.05, 3.63) is 42.1 Å². The molecule has 1 aromatic rings. The minimum Gasteiger partial charge on any atom is -0.491 e. The average molecular weight is 285 g/mol. The number of fused-ring (bicyclic) bond motifs is 1. The quantitative estimate of drug-likeness (QED) is 0.906. The Kier molecular flexibility index (Phi) is 4.25. The molecule has 0 unspecified atom stereocenters. The highest BCUT2D eigenvalue weighted by Crippen LogP contribution is 2.31. The number of benzene rings is 1. The van der Waals surface area contributed by atoms with E-state index >= 15 is 0 Å². The smallest absolute Gasteiger partial charge is 0.139 e. The van der Waals surface area contributed by atoms with Crippen LogP contribution < -0.4 is 10.1 Å². The van der Waals surface area contributed by atoms with E-state index in [4.69, 9.17) is 4.74 Å². The van der Waals surface area contributed by atoms with Crippen LogP contribution in [0.3, 0.4) is 0 Å². The Morgan fingerprint density at radius 3 is 2.95 bits per heavy atom. The Labute approximate surface area is 126 Å². The highest BCUT2D eigenvalue weighted by atomic mass is 16.5. The molecule has 0 radical (unpaired) electrons. The molecule has 2 aliphatic rings. The van der Waals surface area contributed by atoms with Crippen molar-refractivity contribution in [3.63, 3.8) is 0 Å². The fourth-order valence-corrected chi connectivity index (χ4v) is 3.11. The van der Waals surface area contributed by atoms with Gasteiger partial charge in [0.25, 0.3) is 0 Å². The van der Waals surface area contributed by atoms with Crippen molar-refractivity contribution in [2.45, 2.75) is 18.8 Å². The summed E-state index contributed by atoms with van der Waals surface area (Å²) in [5.74, 6) is 2.53. The number of piperidine rings is 1. The third-order valence-electron chi connectivity index (χ3n) is 4.32. The maximum absolute atomic E-state index is 5.95. The Bertz CT molecular complexity index is 547. The molecule has 0 saturated carbocycles. The van der Waals surface area contributed by atoms with E-state index in [2.05, 4.69) is 40.0 Å². The first-order valence-corrected chi connectivity index (χ1v) is 7.67. The molecule has 112 valence electrons. The van der Waals surface area contributed by atoms with E-state index in [9.17, 15) is 0 Å². The van der Waals surface area contributed by atoms with E-state index in [1.54, 1.807) is 6.20 Å². The monoisotopic (exact) mass is 285 g/mol. The van der Waals surface area contributed by atoms with Gasteiger partial charge in [-0.15, -0.1) is 0 Å². The van der Waals surface area contributed by atoms with Gasteiger partial charge in [-0.25, -0.2) is 4.99 Å². The van der Waals surface area contributed by atoms with Gasteiger partial charge in [0, 0.05) is 13.2 Å². The van der Waals surface area contributed by atoms with Gasteiger partial charge in [-0.05, 0) is 49.5 Å². The molecule has 0 aliphatic carbocycles. The number of amidine groups is 1. The zero-order valence-electron chi connectivity index (χ0n) is 12.6. The number of hydrogen-bond acceptors (Lipinski definition) is 3. The van der Waals surface area contributed by atoms with Crippen molar-refractivity contribution < 1.29 is 4.74 Å². The highest BCUT2D eigenvalue weighted by molar-refractivity contribution is 6.01. The lowest BCUT2D eigenvalue weighted by molar-refractivity contribution is 0.294. The Balaban J connectivity index is 1.95. The molecule has 0 spiro atoms. The molecule has 4 nitrogen and oxygen atoms in total. The molecular weight excluding hydrogens is 262 g/mol. The first kappa shape index (κ1) is 14.1. The van der Waals surface area contributed by atoms with Crippen LogP contribution in [0, 0.1) is 0 Å². The lowest BCUT2D eigenvalue weighted by Gasteiger charge is -2.24. The van der Waals surface area contributed by atoms with Gasteiger partial charge >= 0.3 is 0 Å². The van der Waals surface area contributed by atoms with Crippen LogP contribution >= 0.6 is 0 Å². The zero-order chi connectivity index (χ0) is 14.7. The summed E-state index contributed by atoms with van der Waals surface area (Å²) in [7, 11) is 2.04. The molecule has 2 aliphatic heterocycles. The molecule has 2 heterocycles. The number of rotatable bonds is 2. The van der Waals surface area contributed by atoms with Crippen LogP contribution in [-0.4, -0.2) is 44.0 Å². The lowest BCUT2D eigenvalue weighted by atomic mass is 9.89. The predicted octanol–water partition coefficient (Wildman–Crippen LogP) is 2.37. The summed E-state index contributed by atoms with van der Waals surface area (Å²) in [5, 5.41) is 3.42. The van der Waals surface area contributed by atoms with Crippen molar-refractivity contribution in [1.29, 1.82) is 0 Å². The van der Waals surface area contributed by atoms with Crippen molar-refractivity contribution in [3.8, 4) is 5.75 Å². The molecule has 0 aromatic heterocycles. The van der Waals surface area contributed by atoms with E-state index in [1.165, 1.54) is 18.4 Å². The number of likely N-dealkylation sites (N-methyl/N-ethyl adjacent to an activating group) is 1. The van der Waals surface area contributed by atoms with Gasteiger partial charge in [0.05, 0.1) is 12.1 Å². The van der Waals surface area contributed by atoms with Gasteiger partial charge in [0.15, 0.2) is 0 Å². The minimum absolute atomic E-state index is 0.640. The van der Waals surface area contributed by atoms with E-state index in [1.807, 2.05) is 7.05 Å². The second kappa shape index (κ2) is 6.31. The normalized spacial score (nSPS) is 21.6. The second-order valence-electron chi connectivity index (χ2n) is 5.69. The van der Waals surface area contributed by atoms with Gasteiger partial charge in [0.2, 0.25) is 0 Å². The molecule has 4 heteroatoms. The molecule has 1 aromatic carbocycles. The molecule has 1 N–H and O–H groups in total. The summed E-state index contributed by atoms with van der Waals surface area (Å²) in [4.78, 5) is 6.55. The van der Waals surface area contributed by atoms with Gasteiger partial charge in [-0.3, -0.25) is 0 Å². The minimum atomic E-state index is 0.640. The number of aliphatic imine (C=N–C) groups is 1. The summed E-state index contributed by atoms with van der Waals surface area (Å²) in [5.41, 5.74) is 2.45. The van der Waals surface area contributed by atoms with E-state index in [0.717, 1.165) is 36.8 Å². The van der Waals surface area contributed by atoms with Crippen LogP contribution in [0.5, 0.6) is 5.75 Å². The van der Waals surface area contributed by atoms with E-state index < -0.39 is 0 Å². The van der Waals surface area contributed by atoms with Crippen molar-refractivity contribution in [2.75, 3.05) is 33.3 Å². The molecule has 0 atom stereocenters. The van der Waals surface area contributed by atoms with E-state index in [-0.39, 0.29) is 0 Å². The SMILES string of the molecule is C=CN=C1c2ccc(C3CCNCC3)cc2OCCN1C. The summed E-state index contributed by atoms with van der Waals surface area (Å²) >= 11 is 0. The van der Waals surface area contributed by atoms with Crippen LogP contribution in [0.2, 0.25) is 0 Å². The number of ether oxygens (including phenoxy) is 1. The van der Waals surface area contributed by atoms with Crippen LogP contribution in [0.15, 0.2) is 36.0 Å². The Morgan fingerprint density at radius 2 is 2.19 bits per heavy atom. The molecule has 3 rings (SSSR count). The summed E-state index contributed by atoms with van der Waals surface area (Å²) in [6.07, 6.45) is 4.00. The molecule has 0 bridgehead atoms. The Morgan fingerprint density at radius 1 is 1.38 bits per heavy atom. The van der Waals surface area contributed by atoms with Crippen LogP contribution in [0.1, 0.15) is 29.9 Å². The third-order valence-corrected chi connectivity index (χ3v) is 4.32. The first-order chi connectivity index (χ1) is 10.3. The standard InChI is InChI=1S/C17H23N3O/c1-3-19-17-15-5-4-14(13-6-8-18-9-7-13)12-16(15)21-11-10-20(17)2/h3-5,12-13,18H,1,6-11H2,2H3. The zero-order valence-corrected chi connectivity index (χ0v) is 12.6. The highest BCUT2D eigenvalue weighted by Gasteiger charge is 2.22. The van der Waals surface area contributed by atoms with Gasteiger partial charge < -0.3 is 15.0 Å². The Hall–Kier alpha value is -1.81. The largest absolute Gasteiger partial charge is 0.491 e. The molecule has 0 amide bonds. The number of nitrogens with zero attached hydrogens (tertiary/aromatic N) is 2. The van der Waals surface area contributed by atoms with Crippen molar-refractivity contribution >= 4 is 5.84 Å². The lowest BCUT2D eigenvalue weighted by Crippen LogP contribution is -2.28. The van der Waals surface area contributed by atoms with Crippen LogP contribution in [-0.2, 0) is 0 Å². The van der Waals surface area contributed by atoms with Gasteiger partial charge in [-0.1, -0.05) is 12.6 Å². The predicted molar refractivity (Wildman–Crippen MR) is 86.1 cm³/mol. The molecule has 21 heavy (non-hydrogen) atoms. The first-order valence-electron chi connectivity index (χ1n) is 7.67. The summed E-state index contributed by atoms with van der Waals surface area (Å²) < 4.78 is 5.95. The van der Waals surface area contributed by atoms with E-state index in [0.29, 0.717) is 12.5 Å². The van der Waals surface area contributed by atoms with Crippen LogP contribution in [0.4, 0.5) is 0 Å². The fraction of sp³-hybridized carbons (Fsp3) is 0.471. The average Bonchev–Trinajstić information content (AvgIpc) is 2.68. The molecule has 1 fully saturated rings. The number of nitrogens with one attached hydrogen (secondary N) is 1. The van der Waals surface area contributed by atoms with Gasteiger partial charge in [0.1, 0.15) is 18.2 Å². The topological polar surface area (TPSA) is 36.9 Å². The van der Waals surface area contributed by atoms with Gasteiger partial charge in [-0.2, -0.15) is 0 Å². The van der Waals surface area contributed by atoms with Crippen LogP contribution in [0.25, 0.3) is 0 Å². The number of hydrogen-bond donors (Lipinski definition) is 1. The van der Waals surface area contributed by atoms with Crippen molar-refractivity contribution in [1.82, 2.24) is 10.2 Å². The third kappa shape index (κ3) is 2.95. The maximum Gasteiger partial charge on any atom is 0.139 e. The molecular formula is C17H23N3O. The second-order valence-corrected chi connectivity index (χ2v) is 5.69. The summed E-state index contributed by atoms with van der Waals surface area (Å²) in [6, 6.07) is 6.59. The summed E-state index contributed by atoms with van der Waals surface area (Å²) in [6.45, 7) is 7.46. The molecule has 1 saturated heterocycles. The fourth-order valence-electron chi connectivity index (χ4n) is 3.11.